The summed E-state index contributed by atoms with van der Waals surface area (Å²) in [6.45, 7) is 4.08. The summed E-state index contributed by atoms with van der Waals surface area (Å²) < 4.78 is 1.72. The number of aromatic nitrogens is 3. The second-order valence-electron chi connectivity index (χ2n) is 6.51. The molecule has 2 heterocycles. The minimum absolute atomic E-state index is 0.0471. The van der Waals surface area contributed by atoms with Crippen LogP contribution in [0.2, 0.25) is 0 Å². The summed E-state index contributed by atoms with van der Waals surface area (Å²) in [6, 6.07) is 19.5. The van der Waals surface area contributed by atoms with Crippen molar-refractivity contribution in [3.05, 3.63) is 94.0 Å². The van der Waals surface area contributed by atoms with Crippen LogP contribution in [0, 0.1) is 13.8 Å². The minimum Gasteiger partial charge on any atom is -0.268 e. The van der Waals surface area contributed by atoms with Crippen LogP contribution in [0.1, 0.15) is 16.8 Å². The fourth-order valence-corrected chi connectivity index (χ4v) is 4.07. The van der Waals surface area contributed by atoms with E-state index in [-0.39, 0.29) is 5.56 Å². The van der Waals surface area contributed by atoms with Gasteiger partial charge in [0.05, 0.1) is 22.3 Å². The van der Waals surface area contributed by atoms with E-state index >= 15 is 0 Å². The lowest BCUT2D eigenvalue weighted by atomic mass is 10.1. The normalized spacial score (nSPS) is 11.0. The number of thioether (sulfide) groups is 1. The van der Waals surface area contributed by atoms with E-state index in [1.165, 1.54) is 11.8 Å². The highest BCUT2D eigenvalue weighted by Crippen LogP contribution is 2.25. The molecule has 4 aromatic rings. The third-order valence-corrected chi connectivity index (χ3v) is 5.26. The van der Waals surface area contributed by atoms with Crippen molar-refractivity contribution in [2.75, 3.05) is 0 Å². The summed E-state index contributed by atoms with van der Waals surface area (Å²) in [5.74, 6) is 0.649. The molecule has 0 amide bonds. The summed E-state index contributed by atoms with van der Waals surface area (Å²) in [6.07, 6.45) is 1.78. The number of nitrogens with zero attached hydrogens (tertiary/aromatic N) is 3. The topological polar surface area (TPSA) is 47.8 Å². The van der Waals surface area contributed by atoms with Gasteiger partial charge in [0.15, 0.2) is 5.16 Å². The predicted molar refractivity (Wildman–Crippen MR) is 111 cm³/mol. The Balaban J connectivity index is 1.88. The van der Waals surface area contributed by atoms with E-state index in [4.69, 9.17) is 4.98 Å². The van der Waals surface area contributed by atoms with Crippen LogP contribution in [-0.4, -0.2) is 14.5 Å². The van der Waals surface area contributed by atoms with E-state index in [0.29, 0.717) is 21.8 Å². The lowest BCUT2D eigenvalue weighted by Crippen LogP contribution is -2.22. The minimum atomic E-state index is -0.0471. The van der Waals surface area contributed by atoms with Crippen molar-refractivity contribution in [3.63, 3.8) is 0 Å². The Morgan fingerprint density at radius 1 is 0.963 bits per heavy atom. The quantitative estimate of drug-likeness (QED) is 0.385. The molecule has 0 spiro atoms. The first-order valence-corrected chi connectivity index (χ1v) is 9.73. The van der Waals surface area contributed by atoms with E-state index < -0.39 is 0 Å². The molecule has 0 atom stereocenters. The molecule has 0 aliphatic rings. The zero-order chi connectivity index (χ0) is 18.8. The lowest BCUT2D eigenvalue weighted by molar-refractivity contribution is 0.817. The summed E-state index contributed by atoms with van der Waals surface area (Å²) in [5, 5.41) is 1.30. The molecule has 5 heteroatoms. The highest BCUT2D eigenvalue weighted by molar-refractivity contribution is 7.98. The van der Waals surface area contributed by atoms with Gasteiger partial charge < -0.3 is 0 Å². The Kier molecular flexibility index (Phi) is 4.77. The smallest absolute Gasteiger partial charge is 0.266 e. The molecule has 0 N–H and O–H groups in total. The molecular weight excluding hydrogens is 354 g/mol. The highest BCUT2D eigenvalue weighted by atomic mass is 32.2. The zero-order valence-corrected chi connectivity index (χ0v) is 16.0. The number of pyridine rings is 1. The van der Waals surface area contributed by atoms with Gasteiger partial charge in [0, 0.05) is 11.9 Å². The first kappa shape index (κ1) is 17.5. The van der Waals surface area contributed by atoms with Crippen molar-refractivity contribution in [1.29, 1.82) is 0 Å². The Morgan fingerprint density at radius 2 is 1.70 bits per heavy atom. The van der Waals surface area contributed by atoms with Crippen LogP contribution < -0.4 is 5.56 Å². The molecule has 2 aromatic heterocycles. The summed E-state index contributed by atoms with van der Waals surface area (Å²) >= 11 is 1.53. The third kappa shape index (κ3) is 3.64. The number of para-hydroxylation sites is 1. The lowest BCUT2D eigenvalue weighted by Gasteiger charge is -2.14. The van der Waals surface area contributed by atoms with Crippen molar-refractivity contribution in [3.8, 4) is 5.69 Å². The number of hydrogen-bond donors (Lipinski definition) is 0. The molecule has 0 aliphatic carbocycles. The van der Waals surface area contributed by atoms with E-state index in [0.717, 1.165) is 22.5 Å². The van der Waals surface area contributed by atoms with Gasteiger partial charge in [0.25, 0.3) is 5.56 Å². The monoisotopic (exact) mass is 373 g/mol. The van der Waals surface area contributed by atoms with Crippen LogP contribution in [0.5, 0.6) is 0 Å². The number of rotatable bonds is 4. The van der Waals surface area contributed by atoms with Crippen LogP contribution in [0.25, 0.3) is 16.6 Å². The van der Waals surface area contributed by atoms with Crippen molar-refractivity contribution in [2.24, 2.45) is 0 Å². The van der Waals surface area contributed by atoms with Gasteiger partial charge in [-0.3, -0.25) is 14.3 Å². The third-order valence-electron chi connectivity index (χ3n) is 4.28. The summed E-state index contributed by atoms with van der Waals surface area (Å²) in [7, 11) is 0. The molecule has 134 valence electrons. The van der Waals surface area contributed by atoms with Crippen molar-refractivity contribution < 1.29 is 0 Å². The average molecular weight is 373 g/mol. The molecule has 0 unspecified atom stereocenters. The number of aryl methyl sites for hydroxylation is 2. The largest absolute Gasteiger partial charge is 0.268 e. The van der Waals surface area contributed by atoms with Gasteiger partial charge in [-0.1, -0.05) is 36.0 Å². The highest BCUT2D eigenvalue weighted by Gasteiger charge is 2.14. The maximum atomic E-state index is 13.3. The van der Waals surface area contributed by atoms with Crippen LogP contribution in [0.3, 0.4) is 0 Å². The second-order valence-corrected chi connectivity index (χ2v) is 7.45. The van der Waals surface area contributed by atoms with Crippen LogP contribution >= 0.6 is 11.8 Å². The second kappa shape index (κ2) is 7.37. The molecule has 0 saturated heterocycles. The van der Waals surface area contributed by atoms with Gasteiger partial charge in [-0.05, 0) is 61.4 Å². The Bertz CT molecular complexity index is 1150. The number of benzene rings is 2. The number of hydrogen-bond acceptors (Lipinski definition) is 4. The Labute approximate surface area is 161 Å². The fourth-order valence-electron chi connectivity index (χ4n) is 3.14. The van der Waals surface area contributed by atoms with Gasteiger partial charge in [-0.2, -0.15) is 0 Å². The standard InChI is InChI=1S/C22H19N3OS/c1-15-11-16(2)13-18(12-15)25-21(26)19-8-3-4-9-20(19)24-22(25)27-14-17-7-5-6-10-23-17/h3-13H,14H2,1-2H3. The average Bonchev–Trinajstić information content (AvgIpc) is 2.66. The van der Waals surface area contributed by atoms with Gasteiger partial charge in [-0.15, -0.1) is 0 Å². The summed E-state index contributed by atoms with van der Waals surface area (Å²) in [5.41, 5.74) is 4.70. The first-order valence-electron chi connectivity index (χ1n) is 8.75. The molecule has 4 rings (SSSR count). The SMILES string of the molecule is Cc1cc(C)cc(-n2c(SCc3ccccn3)nc3ccccc3c2=O)c1. The molecule has 0 fully saturated rings. The molecule has 27 heavy (non-hydrogen) atoms. The Morgan fingerprint density at radius 3 is 2.44 bits per heavy atom. The van der Waals surface area contributed by atoms with Gasteiger partial charge >= 0.3 is 0 Å². The van der Waals surface area contributed by atoms with Crippen molar-refractivity contribution in [2.45, 2.75) is 24.8 Å². The Hall–Kier alpha value is -2.92. The van der Waals surface area contributed by atoms with E-state index in [1.807, 2.05) is 68.4 Å². The number of fused-ring (bicyclic) bond motifs is 1. The van der Waals surface area contributed by atoms with Crippen molar-refractivity contribution in [1.82, 2.24) is 14.5 Å². The maximum Gasteiger partial charge on any atom is 0.266 e. The van der Waals surface area contributed by atoms with Gasteiger partial charge in [0.1, 0.15) is 0 Å². The molecule has 0 saturated carbocycles. The predicted octanol–water partition coefficient (Wildman–Crippen LogP) is 4.69. The first-order chi connectivity index (χ1) is 13.1. The van der Waals surface area contributed by atoms with Crippen LogP contribution in [0.15, 0.2) is 76.8 Å². The molecule has 4 nitrogen and oxygen atoms in total. The van der Waals surface area contributed by atoms with E-state index in [9.17, 15) is 4.79 Å². The maximum absolute atomic E-state index is 13.3. The van der Waals surface area contributed by atoms with Gasteiger partial charge in [0.2, 0.25) is 0 Å². The summed E-state index contributed by atoms with van der Waals surface area (Å²) in [4.78, 5) is 22.4. The van der Waals surface area contributed by atoms with E-state index in [2.05, 4.69) is 11.1 Å². The molecule has 0 bridgehead atoms. The molecule has 2 aromatic carbocycles. The van der Waals surface area contributed by atoms with Crippen LogP contribution in [-0.2, 0) is 5.75 Å². The molecule has 0 aliphatic heterocycles. The van der Waals surface area contributed by atoms with Crippen molar-refractivity contribution >= 4 is 22.7 Å². The van der Waals surface area contributed by atoms with E-state index in [1.54, 1.807) is 10.8 Å². The van der Waals surface area contributed by atoms with Crippen LogP contribution in [0.4, 0.5) is 0 Å². The van der Waals surface area contributed by atoms with Gasteiger partial charge in [-0.25, -0.2) is 4.98 Å². The molecular formula is C22H19N3OS. The zero-order valence-electron chi connectivity index (χ0n) is 15.2. The fraction of sp³-hybridized carbons (Fsp3) is 0.136. The molecule has 0 radical (unpaired) electrons.